The van der Waals surface area contributed by atoms with E-state index in [-0.39, 0.29) is 48.1 Å². The number of aromatic nitrogens is 2. The van der Waals surface area contributed by atoms with Gasteiger partial charge in [-0.15, -0.1) is 12.4 Å². The van der Waals surface area contributed by atoms with E-state index >= 15 is 0 Å². The molecule has 0 radical (unpaired) electrons. The Morgan fingerprint density at radius 3 is 2.54 bits per heavy atom. The molecule has 8 nitrogen and oxygen atoms in total. The standard InChI is InChI=1S/C16H21N5O3S.ClH/c17-15-11-20(10-14(15)12-4-2-1-3-5-12)16(22)6-7-21-9-13(8-19-21)25(18,23)24;/h1-5,8-9,14-15H,6-7,10-11,17H2,(H2,18,23,24);1H/t14-,15+;/m0./s1. The van der Waals surface area contributed by atoms with E-state index in [1.807, 2.05) is 30.3 Å². The molecule has 0 aliphatic carbocycles. The van der Waals surface area contributed by atoms with Crippen LogP contribution in [0.1, 0.15) is 17.9 Å². The molecular formula is C16H22ClN5O3S. The van der Waals surface area contributed by atoms with E-state index in [4.69, 9.17) is 10.9 Å². The summed E-state index contributed by atoms with van der Waals surface area (Å²) in [7, 11) is -3.78. The molecule has 1 saturated heterocycles. The van der Waals surface area contributed by atoms with Gasteiger partial charge in [0.05, 0.1) is 6.20 Å². The maximum Gasteiger partial charge on any atom is 0.241 e. The number of primary sulfonamides is 1. The second kappa shape index (κ2) is 8.17. The first-order valence-corrected chi connectivity index (χ1v) is 9.53. The zero-order valence-corrected chi connectivity index (χ0v) is 15.7. The van der Waals surface area contributed by atoms with Crippen LogP contribution in [0.2, 0.25) is 0 Å². The molecule has 1 aromatic heterocycles. The topological polar surface area (TPSA) is 124 Å². The van der Waals surface area contributed by atoms with Crippen LogP contribution in [0.3, 0.4) is 0 Å². The van der Waals surface area contributed by atoms with Crippen LogP contribution in [0, 0.1) is 0 Å². The van der Waals surface area contributed by atoms with Crippen molar-refractivity contribution in [3.8, 4) is 0 Å². The number of aryl methyl sites for hydroxylation is 1. The van der Waals surface area contributed by atoms with Crippen molar-refractivity contribution in [1.82, 2.24) is 14.7 Å². The number of amides is 1. The van der Waals surface area contributed by atoms with Crippen molar-refractivity contribution in [2.24, 2.45) is 10.9 Å². The zero-order chi connectivity index (χ0) is 18.0. The van der Waals surface area contributed by atoms with Crippen molar-refractivity contribution in [3.05, 3.63) is 48.3 Å². The lowest BCUT2D eigenvalue weighted by Gasteiger charge is -2.16. The monoisotopic (exact) mass is 399 g/mol. The van der Waals surface area contributed by atoms with Crippen LogP contribution in [0.15, 0.2) is 47.6 Å². The van der Waals surface area contributed by atoms with Crippen LogP contribution in [0.25, 0.3) is 0 Å². The van der Waals surface area contributed by atoms with Gasteiger partial charge in [0.1, 0.15) is 4.90 Å². The second-order valence-electron chi connectivity index (χ2n) is 6.21. The molecule has 2 atom stereocenters. The molecule has 1 aromatic carbocycles. The third-order valence-electron chi connectivity index (χ3n) is 4.44. The Kier molecular flexibility index (Phi) is 6.40. The molecule has 0 spiro atoms. The minimum atomic E-state index is -3.78. The number of nitrogens with two attached hydrogens (primary N) is 2. The molecule has 1 fully saturated rings. The van der Waals surface area contributed by atoms with Crippen molar-refractivity contribution < 1.29 is 13.2 Å². The highest BCUT2D eigenvalue weighted by atomic mass is 35.5. The molecule has 1 aliphatic heterocycles. The van der Waals surface area contributed by atoms with Gasteiger partial charge < -0.3 is 10.6 Å². The summed E-state index contributed by atoms with van der Waals surface area (Å²) < 4.78 is 23.9. The summed E-state index contributed by atoms with van der Waals surface area (Å²) >= 11 is 0. The Morgan fingerprint density at radius 2 is 1.92 bits per heavy atom. The highest BCUT2D eigenvalue weighted by Crippen LogP contribution is 2.26. The van der Waals surface area contributed by atoms with Crippen LogP contribution in [-0.2, 0) is 21.4 Å². The quantitative estimate of drug-likeness (QED) is 0.747. The van der Waals surface area contributed by atoms with E-state index in [2.05, 4.69) is 5.10 Å². The summed E-state index contributed by atoms with van der Waals surface area (Å²) in [4.78, 5) is 14.1. The number of sulfonamides is 1. The average molecular weight is 400 g/mol. The zero-order valence-electron chi connectivity index (χ0n) is 14.1. The SMILES string of the molecule is Cl.N[C@@H]1CN(C(=O)CCn2cc(S(N)(=O)=O)cn2)C[C@H]1c1ccccc1. The Morgan fingerprint density at radius 1 is 1.23 bits per heavy atom. The van der Waals surface area contributed by atoms with Crippen molar-refractivity contribution >= 4 is 28.3 Å². The molecule has 142 valence electrons. The van der Waals surface area contributed by atoms with Crippen LogP contribution in [-0.4, -0.2) is 48.1 Å². The molecule has 0 bridgehead atoms. The average Bonchev–Trinajstić information content (AvgIpc) is 3.20. The fraction of sp³-hybridized carbons (Fsp3) is 0.375. The molecule has 1 amide bonds. The lowest BCUT2D eigenvalue weighted by atomic mass is 9.95. The molecule has 2 aromatic rings. The number of benzene rings is 1. The maximum atomic E-state index is 12.4. The van der Waals surface area contributed by atoms with Crippen LogP contribution in [0.4, 0.5) is 0 Å². The van der Waals surface area contributed by atoms with Crippen LogP contribution >= 0.6 is 12.4 Å². The maximum absolute atomic E-state index is 12.4. The molecule has 0 unspecified atom stereocenters. The van der Waals surface area contributed by atoms with Crippen LogP contribution in [0.5, 0.6) is 0 Å². The third-order valence-corrected chi connectivity index (χ3v) is 5.31. The molecule has 3 rings (SSSR count). The number of hydrogen-bond acceptors (Lipinski definition) is 5. The van der Waals surface area contributed by atoms with Gasteiger partial charge >= 0.3 is 0 Å². The lowest BCUT2D eigenvalue weighted by molar-refractivity contribution is -0.130. The highest BCUT2D eigenvalue weighted by Gasteiger charge is 2.33. The van der Waals surface area contributed by atoms with Gasteiger partial charge in [0, 0.05) is 44.2 Å². The lowest BCUT2D eigenvalue weighted by Crippen LogP contribution is -2.32. The summed E-state index contributed by atoms with van der Waals surface area (Å²) in [6, 6.07) is 9.84. The number of carbonyl (C=O) groups excluding carboxylic acids is 1. The van der Waals surface area contributed by atoms with Gasteiger partial charge in [0.15, 0.2) is 0 Å². The minimum absolute atomic E-state index is 0. The number of likely N-dealkylation sites (tertiary alicyclic amines) is 1. The van der Waals surface area contributed by atoms with E-state index in [1.54, 1.807) is 4.90 Å². The molecule has 0 saturated carbocycles. The summed E-state index contributed by atoms with van der Waals surface area (Å²) in [6.45, 7) is 1.39. The number of carbonyl (C=O) groups is 1. The third kappa shape index (κ3) is 4.61. The Hall–Kier alpha value is -1.94. The number of nitrogens with zero attached hydrogens (tertiary/aromatic N) is 3. The Balaban J connectivity index is 0.00000243. The normalized spacial score (nSPS) is 20.0. The van der Waals surface area contributed by atoms with E-state index in [0.717, 1.165) is 5.56 Å². The van der Waals surface area contributed by atoms with Gasteiger partial charge in [-0.05, 0) is 5.56 Å². The fourth-order valence-corrected chi connectivity index (χ4v) is 3.53. The van der Waals surface area contributed by atoms with Crippen molar-refractivity contribution in [3.63, 3.8) is 0 Å². The smallest absolute Gasteiger partial charge is 0.241 e. The van der Waals surface area contributed by atoms with E-state index < -0.39 is 10.0 Å². The Labute approximate surface area is 158 Å². The first-order chi connectivity index (χ1) is 11.8. The summed E-state index contributed by atoms with van der Waals surface area (Å²) in [5, 5.41) is 8.96. The summed E-state index contributed by atoms with van der Waals surface area (Å²) in [6.07, 6.45) is 2.72. The number of hydrogen-bond donors (Lipinski definition) is 2. The van der Waals surface area contributed by atoms with E-state index in [9.17, 15) is 13.2 Å². The summed E-state index contributed by atoms with van der Waals surface area (Å²) in [5.74, 6) is 0.102. The number of rotatable bonds is 5. The second-order valence-corrected chi connectivity index (χ2v) is 7.78. The fourth-order valence-electron chi connectivity index (χ4n) is 3.07. The van der Waals surface area contributed by atoms with Gasteiger partial charge in [0.2, 0.25) is 15.9 Å². The highest BCUT2D eigenvalue weighted by molar-refractivity contribution is 7.89. The molecule has 2 heterocycles. The molecule has 1 aliphatic rings. The van der Waals surface area contributed by atoms with Gasteiger partial charge in [0.25, 0.3) is 0 Å². The predicted molar refractivity (Wildman–Crippen MR) is 99.2 cm³/mol. The first-order valence-electron chi connectivity index (χ1n) is 7.98. The molecule has 10 heteroatoms. The summed E-state index contributed by atoms with van der Waals surface area (Å²) in [5.41, 5.74) is 7.34. The number of halogens is 1. The molecular weight excluding hydrogens is 378 g/mol. The minimum Gasteiger partial charge on any atom is -0.340 e. The predicted octanol–water partition coefficient (Wildman–Crippen LogP) is 0.296. The van der Waals surface area contributed by atoms with Crippen molar-refractivity contribution in [1.29, 1.82) is 0 Å². The molecule has 4 N–H and O–H groups in total. The first kappa shape index (κ1) is 20.4. The van der Waals surface area contributed by atoms with Crippen LogP contribution < -0.4 is 10.9 Å². The molecule has 26 heavy (non-hydrogen) atoms. The van der Waals surface area contributed by atoms with E-state index in [0.29, 0.717) is 13.1 Å². The Bertz CT molecular complexity index is 856. The van der Waals surface area contributed by atoms with E-state index in [1.165, 1.54) is 17.1 Å². The largest absolute Gasteiger partial charge is 0.340 e. The van der Waals surface area contributed by atoms with Gasteiger partial charge in [-0.2, -0.15) is 5.10 Å². The van der Waals surface area contributed by atoms with Gasteiger partial charge in [-0.3, -0.25) is 9.48 Å². The van der Waals surface area contributed by atoms with Gasteiger partial charge in [-0.1, -0.05) is 30.3 Å². The van der Waals surface area contributed by atoms with Gasteiger partial charge in [-0.25, -0.2) is 13.6 Å². The van der Waals surface area contributed by atoms with Crippen molar-refractivity contribution in [2.75, 3.05) is 13.1 Å². The van der Waals surface area contributed by atoms with Crippen molar-refractivity contribution in [2.45, 2.75) is 29.8 Å².